The first-order valence-electron chi connectivity index (χ1n) is 4.21. The number of hydrogen-bond acceptors (Lipinski definition) is 2. The summed E-state index contributed by atoms with van der Waals surface area (Å²) in [4.78, 5) is 3.94. The maximum atomic E-state index is 5.96. The standard InChI is InChI=1S/C9H12BrClN2/c1-2-3-8(12)6-4-9(11)13-5-7(6)10/h4-5,8H,2-3,12H2,1H3/t8-/m0/s1. The molecular formula is C9H12BrClN2. The maximum absolute atomic E-state index is 5.96. The average molecular weight is 264 g/mol. The Morgan fingerprint density at radius 3 is 3.00 bits per heavy atom. The number of halogens is 2. The molecule has 0 aliphatic carbocycles. The summed E-state index contributed by atoms with van der Waals surface area (Å²) >= 11 is 9.17. The molecule has 4 heteroatoms. The van der Waals surface area contributed by atoms with Crippen LogP contribution in [0.3, 0.4) is 0 Å². The summed E-state index contributed by atoms with van der Waals surface area (Å²) in [6.07, 6.45) is 3.71. The van der Waals surface area contributed by atoms with E-state index in [4.69, 9.17) is 17.3 Å². The lowest BCUT2D eigenvalue weighted by Crippen LogP contribution is -2.10. The van der Waals surface area contributed by atoms with Crippen LogP contribution in [0, 0.1) is 0 Å². The molecule has 0 bridgehead atoms. The molecule has 0 aromatic carbocycles. The quantitative estimate of drug-likeness (QED) is 0.850. The van der Waals surface area contributed by atoms with Crippen LogP contribution in [-0.4, -0.2) is 4.98 Å². The molecule has 0 saturated carbocycles. The lowest BCUT2D eigenvalue weighted by Gasteiger charge is -2.12. The van der Waals surface area contributed by atoms with Gasteiger partial charge in [0.2, 0.25) is 0 Å². The van der Waals surface area contributed by atoms with Crippen molar-refractivity contribution in [2.24, 2.45) is 5.73 Å². The fourth-order valence-electron chi connectivity index (χ4n) is 1.18. The zero-order valence-electron chi connectivity index (χ0n) is 7.43. The molecule has 0 fully saturated rings. The molecule has 0 saturated heterocycles. The second kappa shape index (κ2) is 4.94. The second-order valence-electron chi connectivity index (χ2n) is 2.92. The third-order valence-corrected chi connectivity index (χ3v) is 2.72. The van der Waals surface area contributed by atoms with E-state index in [1.54, 1.807) is 6.20 Å². The maximum Gasteiger partial charge on any atom is 0.129 e. The van der Waals surface area contributed by atoms with Crippen molar-refractivity contribution in [3.05, 3.63) is 27.5 Å². The Balaban J connectivity index is 2.91. The van der Waals surface area contributed by atoms with Crippen molar-refractivity contribution in [3.63, 3.8) is 0 Å². The molecule has 2 N–H and O–H groups in total. The largest absolute Gasteiger partial charge is 0.324 e. The van der Waals surface area contributed by atoms with Gasteiger partial charge in [0.1, 0.15) is 5.15 Å². The van der Waals surface area contributed by atoms with Crippen LogP contribution < -0.4 is 5.73 Å². The Labute approximate surface area is 91.6 Å². The smallest absolute Gasteiger partial charge is 0.129 e. The summed E-state index contributed by atoms with van der Waals surface area (Å²) < 4.78 is 0.929. The van der Waals surface area contributed by atoms with Crippen molar-refractivity contribution in [2.75, 3.05) is 0 Å². The second-order valence-corrected chi connectivity index (χ2v) is 4.17. The molecule has 0 spiro atoms. The summed E-state index contributed by atoms with van der Waals surface area (Å²) in [6, 6.07) is 1.85. The summed E-state index contributed by atoms with van der Waals surface area (Å²) in [5, 5.41) is 0.491. The van der Waals surface area contributed by atoms with Gasteiger partial charge in [0.15, 0.2) is 0 Å². The van der Waals surface area contributed by atoms with Crippen LogP contribution in [0.5, 0.6) is 0 Å². The molecule has 1 heterocycles. The van der Waals surface area contributed by atoms with E-state index >= 15 is 0 Å². The predicted octanol–water partition coefficient (Wildman–Crippen LogP) is 3.30. The molecule has 0 radical (unpaired) electrons. The van der Waals surface area contributed by atoms with Crippen molar-refractivity contribution < 1.29 is 0 Å². The highest BCUT2D eigenvalue weighted by Gasteiger charge is 2.09. The minimum Gasteiger partial charge on any atom is -0.324 e. The van der Waals surface area contributed by atoms with Gasteiger partial charge in [-0.3, -0.25) is 0 Å². The fraction of sp³-hybridized carbons (Fsp3) is 0.444. The van der Waals surface area contributed by atoms with E-state index in [-0.39, 0.29) is 6.04 Å². The van der Waals surface area contributed by atoms with Crippen molar-refractivity contribution in [2.45, 2.75) is 25.8 Å². The van der Waals surface area contributed by atoms with Gasteiger partial charge >= 0.3 is 0 Å². The molecule has 1 aromatic rings. The molecule has 0 aliphatic rings. The summed E-state index contributed by atoms with van der Waals surface area (Å²) in [5.74, 6) is 0. The minimum atomic E-state index is 0.0416. The zero-order chi connectivity index (χ0) is 9.84. The Morgan fingerprint density at radius 2 is 2.38 bits per heavy atom. The lowest BCUT2D eigenvalue weighted by molar-refractivity contribution is 0.635. The van der Waals surface area contributed by atoms with Crippen LogP contribution in [-0.2, 0) is 0 Å². The summed E-state index contributed by atoms with van der Waals surface area (Å²) in [5.41, 5.74) is 6.99. The van der Waals surface area contributed by atoms with Gasteiger partial charge in [0, 0.05) is 16.7 Å². The van der Waals surface area contributed by atoms with E-state index in [9.17, 15) is 0 Å². The van der Waals surface area contributed by atoms with E-state index in [1.807, 2.05) is 6.07 Å². The van der Waals surface area contributed by atoms with Gasteiger partial charge < -0.3 is 5.73 Å². The third-order valence-electron chi connectivity index (χ3n) is 1.85. The Morgan fingerprint density at radius 1 is 1.69 bits per heavy atom. The van der Waals surface area contributed by atoms with Gasteiger partial charge in [0.25, 0.3) is 0 Å². The highest BCUT2D eigenvalue weighted by Crippen LogP contribution is 2.25. The van der Waals surface area contributed by atoms with Crippen LogP contribution in [0.1, 0.15) is 31.4 Å². The number of hydrogen-bond donors (Lipinski definition) is 1. The number of aromatic nitrogens is 1. The van der Waals surface area contributed by atoms with Crippen LogP contribution in [0.4, 0.5) is 0 Å². The number of nitrogens with two attached hydrogens (primary N) is 1. The van der Waals surface area contributed by atoms with E-state index < -0.39 is 0 Å². The van der Waals surface area contributed by atoms with Crippen LogP contribution in [0.15, 0.2) is 16.7 Å². The van der Waals surface area contributed by atoms with Crippen molar-refractivity contribution >= 4 is 27.5 Å². The SMILES string of the molecule is CCC[C@H](N)c1cc(Cl)ncc1Br. The number of nitrogens with zero attached hydrogens (tertiary/aromatic N) is 1. The van der Waals surface area contributed by atoms with Crippen LogP contribution in [0.25, 0.3) is 0 Å². The van der Waals surface area contributed by atoms with Crippen molar-refractivity contribution in [3.8, 4) is 0 Å². The molecule has 1 rings (SSSR count). The normalized spacial score (nSPS) is 12.9. The molecule has 0 unspecified atom stereocenters. The van der Waals surface area contributed by atoms with E-state index in [0.717, 1.165) is 22.9 Å². The molecule has 2 nitrogen and oxygen atoms in total. The predicted molar refractivity (Wildman–Crippen MR) is 58.8 cm³/mol. The third kappa shape index (κ3) is 2.93. The summed E-state index contributed by atoms with van der Waals surface area (Å²) in [6.45, 7) is 2.11. The molecular weight excluding hydrogens is 251 g/mol. The van der Waals surface area contributed by atoms with Gasteiger partial charge in [-0.25, -0.2) is 4.98 Å². The van der Waals surface area contributed by atoms with E-state index in [0.29, 0.717) is 5.15 Å². The minimum absolute atomic E-state index is 0.0416. The van der Waals surface area contributed by atoms with Crippen LogP contribution in [0.2, 0.25) is 5.15 Å². The van der Waals surface area contributed by atoms with Crippen molar-refractivity contribution in [1.82, 2.24) is 4.98 Å². The van der Waals surface area contributed by atoms with Gasteiger partial charge in [-0.15, -0.1) is 0 Å². The number of pyridine rings is 1. The first-order chi connectivity index (χ1) is 6.15. The Hall–Kier alpha value is -0.120. The molecule has 0 aliphatic heterocycles. The lowest BCUT2D eigenvalue weighted by atomic mass is 10.1. The summed E-state index contributed by atoms with van der Waals surface area (Å²) in [7, 11) is 0. The first-order valence-corrected chi connectivity index (χ1v) is 5.38. The van der Waals surface area contributed by atoms with Gasteiger partial charge in [0.05, 0.1) is 0 Å². The first kappa shape index (κ1) is 11.0. The van der Waals surface area contributed by atoms with E-state index in [1.165, 1.54) is 0 Å². The molecule has 13 heavy (non-hydrogen) atoms. The molecule has 72 valence electrons. The van der Waals surface area contributed by atoms with Crippen molar-refractivity contribution in [1.29, 1.82) is 0 Å². The average Bonchev–Trinajstić information content (AvgIpc) is 2.09. The molecule has 1 aromatic heterocycles. The zero-order valence-corrected chi connectivity index (χ0v) is 9.77. The monoisotopic (exact) mass is 262 g/mol. The van der Waals surface area contributed by atoms with E-state index in [2.05, 4.69) is 27.8 Å². The Bertz CT molecular complexity index is 291. The van der Waals surface area contributed by atoms with Crippen LogP contribution >= 0.6 is 27.5 Å². The van der Waals surface area contributed by atoms with Gasteiger partial charge in [-0.2, -0.15) is 0 Å². The molecule has 1 atom stereocenters. The van der Waals surface area contributed by atoms with Gasteiger partial charge in [-0.05, 0) is 34.0 Å². The topological polar surface area (TPSA) is 38.9 Å². The fourth-order valence-corrected chi connectivity index (χ4v) is 1.86. The highest BCUT2D eigenvalue weighted by atomic mass is 79.9. The number of rotatable bonds is 3. The Kier molecular flexibility index (Phi) is 4.16. The highest BCUT2D eigenvalue weighted by molar-refractivity contribution is 9.10. The molecule has 0 amide bonds. The van der Waals surface area contributed by atoms with Gasteiger partial charge in [-0.1, -0.05) is 24.9 Å².